The molecule has 0 aliphatic carbocycles. The molecule has 0 saturated heterocycles. The Morgan fingerprint density at radius 1 is 1.08 bits per heavy atom. The second-order valence-corrected chi connectivity index (χ2v) is 10.1. The average molecular weight is 579 g/mol. The molecule has 7 nitrogen and oxygen atoms in total. The number of ketones is 1. The minimum absolute atomic E-state index is 0.236. The Hall–Kier alpha value is -3.53. The molecule has 1 aromatic heterocycles. The van der Waals surface area contributed by atoms with Crippen LogP contribution in [0.25, 0.3) is 11.3 Å². The van der Waals surface area contributed by atoms with Gasteiger partial charge < -0.3 is 0 Å². The van der Waals surface area contributed by atoms with E-state index in [0.29, 0.717) is 32.7 Å². The van der Waals surface area contributed by atoms with E-state index in [0.717, 1.165) is 15.7 Å². The van der Waals surface area contributed by atoms with Crippen molar-refractivity contribution in [2.75, 3.05) is 5.01 Å². The topological polar surface area (TPSA) is 87.3 Å². The number of aromatic nitrogens is 1. The largest absolute Gasteiger partial charge is 0.289 e. The first-order valence-electron chi connectivity index (χ1n) is 10.8. The van der Waals surface area contributed by atoms with Crippen LogP contribution in [0.4, 0.5) is 10.8 Å². The maximum absolute atomic E-state index is 13.2. The van der Waals surface area contributed by atoms with Crippen molar-refractivity contribution in [3.63, 3.8) is 0 Å². The lowest BCUT2D eigenvalue weighted by Gasteiger charge is -2.09. The summed E-state index contributed by atoms with van der Waals surface area (Å²) >= 11 is 10.9. The lowest BCUT2D eigenvalue weighted by molar-refractivity contribution is -0.117. The normalized spacial score (nSPS) is 15.5. The number of hydrogen-bond donors (Lipinski definition) is 0. The van der Waals surface area contributed by atoms with Crippen LogP contribution < -0.4 is 5.01 Å². The lowest BCUT2D eigenvalue weighted by atomic mass is 10.0. The molecule has 4 aromatic rings. The van der Waals surface area contributed by atoms with E-state index in [9.17, 15) is 9.59 Å². The molecule has 36 heavy (non-hydrogen) atoms. The zero-order chi connectivity index (χ0) is 25.2. The van der Waals surface area contributed by atoms with Crippen molar-refractivity contribution in [1.82, 2.24) is 4.98 Å². The van der Waals surface area contributed by atoms with E-state index in [-0.39, 0.29) is 11.7 Å². The molecular weight excluding hydrogens is 562 g/mol. The zero-order valence-corrected chi connectivity index (χ0v) is 22.0. The second-order valence-electron chi connectivity index (χ2n) is 7.89. The third kappa shape index (κ3) is 4.90. The Morgan fingerprint density at radius 2 is 1.83 bits per heavy atom. The number of benzene rings is 3. The highest BCUT2D eigenvalue weighted by Gasteiger charge is 2.36. The zero-order valence-electron chi connectivity index (χ0n) is 18.8. The third-order valence-corrected chi connectivity index (χ3v) is 7.01. The van der Waals surface area contributed by atoms with Crippen LogP contribution in [0.15, 0.2) is 98.0 Å². The Kier molecular flexibility index (Phi) is 6.86. The SMILES string of the molecule is CC1=NN(c2nc(-c3ccc(Br)cc3)cs2)C(=O)C1N=Nc1ccc(Cl)cc1C(=O)c1ccccc1. The number of halogens is 2. The summed E-state index contributed by atoms with van der Waals surface area (Å²) in [6, 6.07) is 20.5. The van der Waals surface area contributed by atoms with Gasteiger partial charge in [0.25, 0.3) is 5.91 Å². The van der Waals surface area contributed by atoms with E-state index in [4.69, 9.17) is 11.6 Å². The van der Waals surface area contributed by atoms with Crippen LogP contribution in [0.3, 0.4) is 0 Å². The smallest absolute Gasteiger partial charge is 0.282 e. The molecule has 5 rings (SSSR count). The summed E-state index contributed by atoms with van der Waals surface area (Å²) in [6.45, 7) is 1.71. The fourth-order valence-electron chi connectivity index (χ4n) is 3.58. The molecule has 10 heteroatoms. The summed E-state index contributed by atoms with van der Waals surface area (Å²) in [6.07, 6.45) is 0. The Labute approximate surface area is 224 Å². The van der Waals surface area contributed by atoms with Crippen molar-refractivity contribution < 1.29 is 9.59 Å². The maximum Gasteiger partial charge on any atom is 0.282 e. The summed E-state index contributed by atoms with van der Waals surface area (Å²) in [7, 11) is 0. The fraction of sp³-hybridized carbons (Fsp3) is 0.0769. The molecule has 1 unspecified atom stereocenters. The number of amides is 1. The van der Waals surface area contributed by atoms with Crippen LogP contribution in [0, 0.1) is 0 Å². The number of rotatable bonds is 6. The van der Waals surface area contributed by atoms with E-state index in [1.807, 2.05) is 35.7 Å². The molecule has 0 saturated carbocycles. The first kappa shape index (κ1) is 24.2. The van der Waals surface area contributed by atoms with E-state index in [2.05, 4.69) is 36.2 Å². The minimum atomic E-state index is -0.916. The van der Waals surface area contributed by atoms with E-state index >= 15 is 0 Å². The molecule has 0 bridgehead atoms. The van der Waals surface area contributed by atoms with Gasteiger partial charge in [-0.3, -0.25) is 9.59 Å². The quantitative estimate of drug-likeness (QED) is 0.177. The van der Waals surface area contributed by atoms with Gasteiger partial charge in [-0.05, 0) is 37.3 Å². The minimum Gasteiger partial charge on any atom is -0.289 e. The number of carbonyl (C=O) groups is 2. The highest BCUT2D eigenvalue weighted by atomic mass is 79.9. The number of anilines is 1. The molecule has 1 atom stereocenters. The molecular formula is C26H17BrClN5O2S. The van der Waals surface area contributed by atoms with E-state index < -0.39 is 6.04 Å². The van der Waals surface area contributed by atoms with Crippen molar-refractivity contribution in [2.24, 2.45) is 15.3 Å². The predicted molar refractivity (Wildman–Crippen MR) is 145 cm³/mol. The Bertz CT molecular complexity index is 1520. The number of carbonyl (C=O) groups excluding carboxylic acids is 2. The van der Waals surface area contributed by atoms with Gasteiger partial charge >= 0.3 is 0 Å². The van der Waals surface area contributed by atoms with Crippen molar-refractivity contribution in [2.45, 2.75) is 13.0 Å². The van der Waals surface area contributed by atoms with Crippen molar-refractivity contribution in [3.05, 3.63) is 98.8 Å². The molecule has 0 N–H and O–H groups in total. The van der Waals surface area contributed by atoms with Gasteiger partial charge in [0.2, 0.25) is 5.13 Å². The van der Waals surface area contributed by atoms with Crippen molar-refractivity contribution in [1.29, 1.82) is 0 Å². The van der Waals surface area contributed by atoms with Gasteiger partial charge in [0.1, 0.15) is 0 Å². The number of hydrogen-bond acceptors (Lipinski definition) is 7. The summed E-state index contributed by atoms with van der Waals surface area (Å²) < 4.78 is 0.971. The molecule has 1 aliphatic heterocycles. The van der Waals surface area contributed by atoms with Crippen LogP contribution >= 0.6 is 38.9 Å². The molecule has 0 fully saturated rings. The van der Waals surface area contributed by atoms with Gasteiger partial charge in [-0.2, -0.15) is 20.3 Å². The third-order valence-electron chi connectivity index (χ3n) is 5.43. The monoisotopic (exact) mass is 577 g/mol. The summed E-state index contributed by atoms with van der Waals surface area (Å²) in [4.78, 5) is 30.8. The molecule has 0 radical (unpaired) electrons. The summed E-state index contributed by atoms with van der Waals surface area (Å²) in [5.74, 6) is -0.599. The van der Waals surface area contributed by atoms with Crippen molar-refractivity contribution in [3.8, 4) is 11.3 Å². The van der Waals surface area contributed by atoms with Gasteiger partial charge in [0.15, 0.2) is 11.8 Å². The highest BCUT2D eigenvalue weighted by Crippen LogP contribution is 2.32. The van der Waals surface area contributed by atoms with E-state index in [1.165, 1.54) is 16.3 Å². The number of nitrogens with zero attached hydrogens (tertiary/aromatic N) is 5. The lowest BCUT2D eigenvalue weighted by Crippen LogP contribution is -2.29. The standard InChI is InChI=1S/C26H17BrClN5O2S/c1-15-23(25(35)33(32-15)26-29-22(14-36-26)16-7-9-18(27)10-8-16)31-30-21-12-11-19(28)13-20(21)24(34)17-5-3-2-4-6-17/h2-14,23H,1H3. The average Bonchev–Trinajstić information content (AvgIpc) is 3.48. The van der Waals surface area contributed by atoms with Gasteiger partial charge in [-0.25, -0.2) is 4.98 Å². The molecule has 0 spiro atoms. The first-order chi connectivity index (χ1) is 17.4. The maximum atomic E-state index is 13.2. The van der Waals surface area contributed by atoms with Crippen LogP contribution in [0.1, 0.15) is 22.8 Å². The molecule has 3 aromatic carbocycles. The fourth-order valence-corrected chi connectivity index (χ4v) is 4.81. The van der Waals surface area contributed by atoms with Gasteiger partial charge in [0, 0.05) is 26.0 Å². The Morgan fingerprint density at radius 3 is 2.58 bits per heavy atom. The predicted octanol–water partition coefficient (Wildman–Crippen LogP) is 7.33. The van der Waals surface area contributed by atoms with Crippen LogP contribution in [-0.4, -0.2) is 28.4 Å². The Balaban J connectivity index is 1.38. The first-order valence-corrected chi connectivity index (χ1v) is 12.9. The highest BCUT2D eigenvalue weighted by molar-refractivity contribution is 9.10. The number of azo groups is 1. The summed E-state index contributed by atoms with van der Waals surface area (Å²) in [5.41, 5.74) is 3.28. The van der Waals surface area contributed by atoms with E-state index in [1.54, 1.807) is 49.4 Å². The van der Waals surface area contributed by atoms with Gasteiger partial charge in [-0.15, -0.1) is 11.3 Å². The molecule has 1 amide bonds. The number of hydrazone groups is 1. The molecule has 178 valence electrons. The van der Waals surface area contributed by atoms with Crippen LogP contribution in [-0.2, 0) is 4.79 Å². The van der Waals surface area contributed by atoms with Gasteiger partial charge in [0.05, 0.1) is 22.7 Å². The summed E-state index contributed by atoms with van der Waals surface area (Å²) in [5, 5.41) is 16.9. The van der Waals surface area contributed by atoms with Crippen LogP contribution in [0.5, 0.6) is 0 Å². The molecule has 2 heterocycles. The van der Waals surface area contributed by atoms with Gasteiger partial charge in [-0.1, -0.05) is 70.0 Å². The second kappa shape index (κ2) is 10.2. The number of thiazole rings is 1. The molecule has 1 aliphatic rings. The van der Waals surface area contributed by atoms with Crippen LogP contribution in [0.2, 0.25) is 5.02 Å². The van der Waals surface area contributed by atoms with Crippen molar-refractivity contribution >= 4 is 67.1 Å².